The smallest absolute Gasteiger partial charge is 0.274 e. The van der Waals surface area contributed by atoms with Crippen molar-refractivity contribution in [2.45, 2.75) is 25.4 Å². The van der Waals surface area contributed by atoms with E-state index in [9.17, 15) is 14.0 Å². The molecule has 1 atom stereocenters. The summed E-state index contributed by atoms with van der Waals surface area (Å²) in [4.78, 5) is 27.0. The topological polar surface area (TPSA) is 88.1 Å². The third-order valence-corrected chi connectivity index (χ3v) is 5.65. The number of hydrogen-bond donors (Lipinski definition) is 2. The predicted molar refractivity (Wildman–Crippen MR) is 104 cm³/mol. The van der Waals surface area contributed by atoms with Gasteiger partial charge in [-0.2, -0.15) is 0 Å². The fourth-order valence-corrected chi connectivity index (χ4v) is 3.95. The number of benzene rings is 2. The number of carbonyl (C=O) groups excluding carboxylic acids is 2. The van der Waals surface area contributed by atoms with Crippen molar-refractivity contribution in [1.82, 2.24) is 10.4 Å². The zero-order valence-electron chi connectivity index (χ0n) is 16.3. The first-order valence-electron chi connectivity index (χ1n) is 9.90. The summed E-state index contributed by atoms with van der Waals surface area (Å²) in [5.74, 6) is -0.635. The number of hydroxylamine groups is 1. The molecule has 2 aliphatic heterocycles. The lowest BCUT2D eigenvalue weighted by molar-refractivity contribution is -0.142. The summed E-state index contributed by atoms with van der Waals surface area (Å²) in [6, 6.07) is 10.5. The van der Waals surface area contributed by atoms with E-state index in [0.717, 1.165) is 11.1 Å². The van der Waals surface area contributed by atoms with Crippen molar-refractivity contribution in [2.24, 2.45) is 5.92 Å². The van der Waals surface area contributed by atoms with Crippen LogP contribution in [0.3, 0.4) is 0 Å². The number of rotatable bonds is 3. The van der Waals surface area contributed by atoms with Gasteiger partial charge in [0.15, 0.2) is 0 Å². The van der Waals surface area contributed by atoms with Crippen LogP contribution < -0.4 is 10.2 Å². The van der Waals surface area contributed by atoms with E-state index in [4.69, 9.17) is 14.7 Å². The SMILES string of the molecule is O=C(NO)c1ccc2c(c1)OC[C@H](c1ccc(F)cc1)N(C(=O)C1CCOCC1)C2. The Morgan fingerprint density at radius 3 is 2.53 bits per heavy atom. The molecule has 4 rings (SSSR count). The number of nitrogens with one attached hydrogen (secondary N) is 1. The minimum absolute atomic E-state index is 0.0150. The molecule has 8 heteroatoms. The van der Waals surface area contributed by atoms with Crippen molar-refractivity contribution in [3.05, 3.63) is 65.0 Å². The van der Waals surface area contributed by atoms with Crippen LogP contribution in [-0.2, 0) is 16.1 Å². The number of amides is 2. The van der Waals surface area contributed by atoms with Gasteiger partial charge in [0.25, 0.3) is 5.91 Å². The molecule has 0 saturated carbocycles. The molecule has 0 bridgehead atoms. The average Bonchev–Trinajstić information content (AvgIpc) is 2.98. The van der Waals surface area contributed by atoms with E-state index in [0.29, 0.717) is 38.3 Å². The molecule has 2 aliphatic rings. The molecule has 0 radical (unpaired) electrons. The monoisotopic (exact) mass is 414 g/mol. The van der Waals surface area contributed by atoms with Gasteiger partial charge in [-0.25, -0.2) is 9.87 Å². The molecule has 2 heterocycles. The van der Waals surface area contributed by atoms with Gasteiger partial charge in [0.1, 0.15) is 18.2 Å². The Balaban J connectivity index is 1.68. The van der Waals surface area contributed by atoms with Crippen molar-refractivity contribution in [3.63, 3.8) is 0 Å². The first-order valence-corrected chi connectivity index (χ1v) is 9.90. The molecule has 2 aromatic rings. The number of carbonyl (C=O) groups is 2. The van der Waals surface area contributed by atoms with Gasteiger partial charge < -0.3 is 14.4 Å². The summed E-state index contributed by atoms with van der Waals surface area (Å²) in [5, 5.41) is 8.89. The summed E-state index contributed by atoms with van der Waals surface area (Å²) in [5.41, 5.74) is 3.39. The normalized spacial score (nSPS) is 19.4. The summed E-state index contributed by atoms with van der Waals surface area (Å²) < 4.78 is 24.8. The van der Waals surface area contributed by atoms with Crippen molar-refractivity contribution in [2.75, 3.05) is 19.8 Å². The Morgan fingerprint density at radius 2 is 1.83 bits per heavy atom. The van der Waals surface area contributed by atoms with E-state index in [1.807, 2.05) is 0 Å². The van der Waals surface area contributed by atoms with Gasteiger partial charge in [-0.1, -0.05) is 18.2 Å². The van der Waals surface area contributed by atoms with Crippen LogP contribution in [0, 0.1) is 11.7 Å². The minimum Gasteiger partial charge on any atom is -0.491 e. The molecule has 1 saturated heterocycles. The van der Waals surface area contributed by atoms with E-state index >= 15 is 0 Å². The van der Waals surface area contributed by atoms with Gasteiger partial charge in [-0.05, 0) is 42.7 Å². The van der Waals surface area contributed by atoms with E-state index < -0.39 is 11.9 Å². The van der Waals surface area contributed by atoms with E-state index in [2.05, 4.69) is 0 Å². The molecule has 7 nitrogen and oxygen atoms in total. The third-order valence-electron chi connectivity index (χ3n) is 5.65. The summed E-state index contributed by atoms with van der Waals surface area (Å²) in [7, 11) is 0. The third kappa shape index (κ3) is 4.15. The highest BCUT2D eigenvalue weighted by Gasteiger charge is 2.34. The fraction of sp³-hybridized carbons (Fsp3) is 0.364. The highest BCUT2D eigenvalue weighted by Crippen LogP contribution is 2.34. The summed E-state index contributed by atoms with van der Waals surface area (Å²) in [6.45, 7) is 1.57. The second-order valence-corrected chi connectivity index (χ2v) is 7.49. The zero-order chi connectivity index (χ0) is 21.1. The molecule has 0 aromatic heterocycles. The number of ether oxygens (including phenoxy) is 2. The van der Waals surface area contributed by atoms with Crippen molar-refractivity contribution in [1.29, 1.82) is 0 Å². The van der Waals surface area contributed by atoms with Gasteiger partial charge in [0.2, 0.25) is 5.91 Å². The highest BCUT2D eigenvalue weighted by molar-refractivity contribution is 5.93. The largest absolute Gasteiger partial charge is 0.491 e. The number of fused-ring (bicyclic) bond motifs is 1. The number of nitrogens with zero attached hydrogens (tertiary/aromatic N) is 1. The highest BCUT2D eigenvalue weighted by atomic mass is 19.1. The Labute approximate surface area is 173 Å². The maximum Gasteiger partial charge on any atom is 0.274 e. The molecule has 2 aromatic carbocycles. The standard InChI is InChI=1S/C22H23FN2O5/c23-18-5-3-14(4-6-18)19-13-30-20-11-16(21(26)24-28)1-2-17(20)12-25(19)22(27)15-7-9-29-10-8-15/h1-6,11,15,19,28H,7-10,12-13H2,(H,24,26)/t19-/m1/s1. The molecular formula is C22H23FN2O5. The second-order valence-electron chi connectivity index (χ2n) is 7.49. The van der Waals surface area contributed by atoms with Crippen LogP contribution in [0.1, 0.15) is 40.4 Å². The molecule has 30 heavy (non-hydrogen) atoms. The fourth-order valence-electron chi connectivity index (χ4n) is 3.95. The van der Waals surface area contributed by atoms with Crippen LogP contribution in [0.25, 0.3) is 0 Å². The lowest BCUT2D eigenvalue weighted by atomic mass is 9.96. The van der Waals surface area contributed by atoms with E-state index in [1.54, 1.807) is 40.7 Å². The van der Waals surface area contributed by atoms with Gasteiger partial charge >= 0.3 is 0 Å². The maximum absolute atomic E-state index is 13.5. The summed E-state index contributed by atoms with van der Waals surface area (Å²) in [6.07, 6.45) is 1.32. The van der Waals surface area contributed by atoms with Crippen LogP contribution >= 0.6 is 0 Å². The molecule has 158 valence electrons. The summed E-state index contributed by atoms with van der Waals surface area (Å²) >= 11 is 0. The number of hydrogen-bond acceptors (Lipinski definition) is 5. The molecule has 2 amide bonds. The van der Waals surface area contributed by atoms with Crippen LogP contribution in [0.5, 0.6) is 5.75 Å². The number of halogens is 1. The van der Waals surface area contributed by atoms with Crippen LogP contribution in [-0.4, -0.2) is 41.7 Å². The Morgan fingerprint density at radius 1 is 1.10 bits per heavy atom. The lowest BCUT2D eigenvalue weighted by Gasteiger charge is -2.34. The van der Waals surface area contributed by atoms with Gasteiger partial charge in [-0.3, -0.25) is 14.8 Å². The first-order chi connectivity index (χ1) is 14.6. The van der Waals surface area contributed by atoms with Crippen molar-refractivity contribution >= 4 is 11.8 Å². The Bertz CT molecular complexity index is 928. The first kappa shape index (κ1) is 20.3. The van der Waals surface area contributed by atoms with Gasteiger partial charge in [-0.15, -0.1) is 0 Å². The van der Waals surface area contributed by atoms with Crippen LogP contribution in [0.4, 0.5) is 4.39 Å². The lowest BCUT2D eigenvalue weighted by Crippen LogP contribution is -2.41. The van der Waals surface area contributed by atoms with Crippen molar-refractivity contribution in [3.8, 4) is 5.75 Å². The minimum atomic E-state index is -0.643. The molecule has 0 unspecified atom stereocenters. The molecule has 1 fully saturated rings. The van der Waals surface area contributed by atoms with Crippen LogP contribution in [0.2, 0.25) is 0 Å². The Hall–Kier alpha value is -2.97. The van der Waals surface area contributed by atoms with Gasteiger partial charge in [0, 0.05) is 30.3 Å². The molecule has 0 aliphatic carbocycles. The molecule has 2 N–H and O–H groups in total. The Kier molecular flexibility index (Phi) is 5.96. The van der Waals surface area contributed by atoms with E-state index in [1.165, 1.54) is 12.1 Å². The predicted octanol–water partition coefficient (Wildman–Crippen LogP) is 2.83. The second kappa shape index (κ2) is 8.81. The zero-order valence-corrected chi connectivity index (χ0v) is 16.3. The quantitative estimate of drug-likeness (QED) is 0.596. The van der Waals surface area contributed by atoms with Crippen LogP contribution in [0.15, 0.2) is 42.5 Å². The van der Waals surface area contributed by atoms with Crippen molar-refractivity contribution < 1.29 is 28.7 Å². The maximum atomic E-state index is 13.5. The molecular weight excluding hydrogens is 391 g/mol. The van der Waals surface area contributed by atoms with Gasteiger partial charge in [0.05, 0.1) is 12.6 Å². The molecule has 0 spiro atoms. The average molecular weight is 414 g/mol. The van der Waals surface area contributed by atoms with E-state index in [-0.39, 0.29) is 29.8 Å².